The lowest BCUT2D eigenvalue weighted by Gasteiger charge is -2.15. The van der Waals surface area contributed by atoms with Gasteiger partial charge in [-0.2, -0.15) is 5.10 Å². The molecule has 136 valence electrons. The molecule has 0 bridgehead atoms. The number of nitrogens with one attached hydrogen (secondary N) is 1. The number of nitrogens with zero attached hydrogens (tertiary/aromatic N) is 2. The Morgan fingerprint density at radius 3 is 2.92 bits per heavy atom. The number of fused-ring (bicyclic) bond motifs is 1. The number of rotatable bonds is 5. The van der Waals surface area contributed by atoms with Gasteiger partial charge in [0.05, 0.1) is 21.0 Å². The minimum Gasteiger partial charge on any atom is -0.399 e. The lowest BCUT2D eigenvalue weighted by Crippen LogP contribution is -2.20. The summed E-state index contributed by atoms with van der Waals surface area (Å²) < 4.78 is 1.08. The Morgan fingerprint density at radius 2 is 2.19 bits per heavy atom. The Morgan fingerprint density at radius 1 is 1.38 bits per heavy atom. The summed E-state index contributed by atoms with van der Waals surface area (Å²) in [6.45, 7) is 0. The summed E-state index contributed by atoms with van der Waals surface area (Å²) >= 11 is 9.19. The smallest absolute Gasteiger partial charge is 0.281 e. The minimum absolute atomic E-state index is 0.214. The zero-order valence-corrected chi connectivity index (χ0v) is 16.8. The fraction of sp³-hybridized carbons (Fsp3) is 0.278. The molecule has 1 N–H and O–H groups in total. The summed E-state index contributed by atoms with van der Waals surface area (Å²) in [6, 6.07) is 7.33. The molecule has 0 aliphatic heterocycles. The summed E-state index contributed by atoms with van der Waals surface area (Å²) in [5.74, 6) is -0.214. The number of hydrazone groups is 1. The van der Waals surface area contributed by atoms with Crippen molar-refractivity contribution in [2.45, 2.75) is 23.5 Å². The van der Waals surface area contributed by atoms with Crippen molar-refractivity contribution in [1.29, 1.82) is 0 Å². The molecular weight excluding hydrogens is 390 g/mol. The summed E-state index contributed by atoms with van der Waals surface area (Å²) in [4.78, 5) is 18.3. The first-order valence-electron chi connectivity index (χ1n) is 8.03. The van der Waals surface area contributed by atoms with E-state index in [0.717, 1.165) is 45.9 Å². The van der Waals surface area contributed by atoms with Crippen LogP contribution in [0.2, 0.25) is 5.02 Å². The van der Waals surface area contributed by atoms with Crippen LogP contribution in [0.3, 0.4) is 0 Å². The fourth-order valence-corrected chi connectivity index (χ4v) is 5.06. The Kier molecular flexibility index (Phi) is 6.34. The lowest BCUT2D eigenvalue weighted by atomic mass is 9.92. The van der Waals surface area contributed by atoms with Crippen LogP contribution in [0, 0.1) is 0 Å². The molecule has 1 heterocycles. The van der Waals surface area contributed by atoms with Crippen molar-refractivity contribution >= 4 is 52.5 Å². The molecule has 3 rings (SSSR count). The number of amides is 1. The Balaban J connectivity index is 1.84. The van der Waals surface area contributed by atoms with Gasteiger partial charge in [0.2, 0.25) is 0 Å². The molecule has 0 fully saturated rings. The average Bonchev–Trinajstić information content (AvgIpc) is 3.03. The molecule has 8 heteroatoms. The van der Waals surface area contributed by atoms with E-state index in [1.54, 1.807) is 31.2 Å². The SMILES string of the molecule is CO/N=C1\CCCc2c(C(=O)N/N=C\c3ccccc3Cl)sc(SC)c21. The number of thiophene rings is 1. The van der Waals surface area contributed by atoms with Gasteiger partial charge in [0, 0.05) is 16.1 Å². The molecule has 0 atom stereocenters. The molecule has 1 aliphatic rings. The van der Waals surface area contributed by atoms with Gasteiger partial charge < -0.3 is 4.84 Å². The third-order valence-corrected chi connectivity index (χ3v) is 6.67. The first-order valence-corrected chi connectivity index (χ1v) is 10.5. The van der Waals surface area contributed by atoms with Gasteiger partial charge in [-0.15, -0.1) is 23.1 Å². The van der Waals surface area contributed by atoms with Crippen molar-refractivity contribution in [2.75, 3.05) is 13.4 Å². The van der Waals surface area contributed by atoms with E-state index in [0.29, 0.717) is 9.90 Å². The largest absolute Gasteiger partial charge is 0.399 e. The summed E-state index contributed by atoms with van der Waals surface area (Å²) in [7, 11) is 1.55. The van der Waals surface area contributed by atoms with Gasteiger partial charge in [-0.3, -0.25) is 4.79 Å². The first kappa shape index (κ1) is 18.9. The maximum absolute atomic E-state index is 12.7. The molecule has 5 nitrogen and oxygen atoms in total. The molecule has 0 saturated heterocycles. The van der Waals surface area contributed by atoms with Crippen molar-refractivity contribution in [2.24, 2.45) is 10.3 Å². The van der Waals surface area contributed by atoms with E-state index in [2.05, 4.69) is 15.7 Å². The van der Waals surface area contributed by atoms with Crippen LogP contribution < -0.4 is 5.43 Å². The van der Waals surface area contributed by atoms with Crippen LogP contribution in [-0.2, 0) is 11.3 Å². The topological polar surface area (TPSA) is 63.0 Å². The highest BCUT2D eigenvalue weighted by molar-refractivity contribution is 8.00. The van der Waals surface area contributed by atoms with Gasteiger partial charge >= 0.3 is 0 Å². The van der Waals surface area contributed by atoms with Crippen LogP contribution in [0.15, 0.2) is 38.7 Å². The number of halogens is 1. The third-order valence-electron chi connectivity index (χ3n) is 3.97. The summed E-state index contributed by atoms with van der Waals surface area (Å²) in [6.07, 6.45) is 6.21. The van der Waals surface area contributed by atoms with Crippen LogP contribution in [0.25, 0.3) is 0 Å². The highest BCUT2D eigenvalue weighted by atomic mass is 35.5. The van der Waals surface area contributed by atoms with Gasteiger partial charge in [0.25, 0.3) is 5.91 Å². The van der Waals surface area contributed by atoms with Crippen LogP contribution in [0.4, 0.5) is 0 Å². The highest BCUT2D eigenvalue weighted by Gasteiger charge is 2.28. The maximum Gasteiger partial charge on any atom is 0.281 e. The Labute approximate surface area is 165 Å². The number of carbonyl (C=O) groups is 1. The predicted molar refractivity (Wildman–Crippen MR) is 109 cm³/mol. The standard InChI is InChI=1S/C18H18ClN3O2S2/c1-24-22-14-9-5-7-12-15(14)18(25-2)26-16(12)17(23)21-20-10-11-6-3-4-8-13(11)19/h3-4,6,8,10H,5,7,9H2,1-2H3,(H,21,23)/b20-10-,22-14+. The number of hydrogen-bond donors (Lipinski definition) is 1. The van der Waals surface area contributed by atoms with Crippen LogP contribution in [-0.4, -0.2) is 31.2 Å². The molecule has 0 radical (unpaired) electrons. The van der Waals surface area contributed by atoms with Crippen molar-refractivity contribution in [1.82, 2.24) is 5.43 Å². The van der Waals surface area contributed by atoms with Gasteiger partial charge in [-0.1, -0.05) is 35.0 Å². The molecule has 0 unspecified atom stereocenters. The van der Waals surface area contributed by atoms with Crippen LogP contribution >= 0.6 is 34.7 Å². The minimum atomic E-state index is -0.214. The molecule has 1 aromatic heterocycles. The van der Waals surface area contributed by atoms with Crippen molar-refractivity contribution in [3.8, 4) is 0 Å². The van der Waals surface area contributed by atoms with E-state index in [9.17, 15) is 4.79 Å². The zero-order valence-electron chi connectivity index (χ0n) is 14.4. The van der Waals surface area contributed by atoms with E-state index in [1.165, 1.54) is 11.3 Å². The number of benzene rings is 1. The van der Waals surface area contributed by atoms with Gasteiger partial charge in [0.15, 0.2) is 0 Å². The summed E-state index contributed by atoms with van der Waals surface area (Å²) in [5.41, 5.74) is 6.36. The van der Waals surface area contributed by atoms with Gasteiger partial charge in [-0.05, 0) is 37.1 Å². The van der Waals surface area contributed by atoms with Crippen molar-refractivity contribution in [3.05, 3.63) is 50.9 Å². The fourth-order valence-electron chi connectivity index (χ4n) is 2.85. The number of thioether (sulfide) groups is 1. The predicted octanol–water partition coefficient (Wildman–Crippen LogP) is 4.57. The number of carbonyl (C=O) groups excluding carboxylic acids is 1. The number of hydrogen-bond acceptors (Lipinski definition) is 6. The van der Waals surface area contributed by atoms with E-state index in [1.807, 2.05) is 24.5 Å². The molecule has 0 spiro atoms. The van der Waals surface area contributed by atoms with E-state index in [4.69, 9.17) is 16.4 Å². The normalized spacial score (nSPS) is 15.3. The van der Waals surface area contributed by atoms with Crippen molar-refractivity contribution < 1.29 is 9.63 Å². The van der Waals surface area contributed by atoms with E-state index < -0.39 is 0 Å². The molecule has 1 amide bonds. The molecule has 1 aromatic carbocycles. The zero-order chi connectivity index (χ0) is 18.5. The maximum atomic E-state index is 12.7. The molecule has 2 aromatic rings. The second-order valence-corrected chi connectivity index (χ2v) is 8.07. The molecule has 26 heavy (non-hydrogen) atoms. The second-order valence-electron chi connectivity index (χ2n) is 5.57. The molecular formula is C18H18ClN3O2S2. The van der Waals surface area contributed by atoms with E-state index in [-0.39, 0.29) is 5.91 Å². The highest BCUT2D eigenvalue weighted by Crippen LogP contribution is 2.39. The molecule has 0 saturated carbocycles. The van der Waals surface area contributed by atoms with E-state index >= 15 is 0 Å². The monoisotopic (exact) mass is 407 g/mol. The van der Waals surface area contributed by atoms with Gasteiger partial charge in [-0.25, -0.2) is 5.43 Å². The third kappa shape index (κ3) is 3.95. The van der Waals surface area contributed by atoms with Crippen LogP contribution in [0.5, 0.6) is 0 Å². The Hall–Kier alpha value is -1.83. The number of oxime groups is 1. The Bertz CT molecular complexity index is 877. The summed E-state index contributed by atoms with van der Waals surface area (Å²) in [5, 5.41) is 8.79. The first-order chi connectivity index (χ1) is 12.7. The lowest BCUT2D eigenvalue weighted by molar-refractivity contribution is 0.0958. The quantitative estimate of drug-likeness (QED) is 0.448. The average molecular weight is 408 g/mol. The van der Waals surface area contributed by atoms with Gasteiger partial charge in [0.1, 0.15) is 7.11 Å². The second kappa shape index (κ2) is 8.70. The van der Waals surface area contributed by atoms with Crippen LogP contribution in [0.1, 0.15) is 39.2 Å². The molecule has 1 aliphatic carbocycles. The van der Waals surface area contributed by atoms with Crippen molar-refractivity contribution in [3.63, 3.8) is 0 Å².